The number of carbonyl (C=O) groups excluding carboxylic acids is 3. The van der Waals surface area contributed by atoms with Gasteiger partial charge < -0.3 is 20.7 Å². The van der Waals surface area contributed by atoms with Crippen molar-refractivity contribution in [3.05, 3.63) is 0 Å². The average molecular weight is 383 g/mol. The summed E-state index contributed by atoms with van der Waals surface area (Å²) in [5.74, 6) is -0.939. The van der Waals surface area contributed by atoms with Gasteiger partial charge in [-0.2, -0.15) is 0 Å². The Morgan fingerprint density at radius 1 is 0.889 bits per heavy atom. The topological polar surface area (TPSA) is 145 Å². The van der Waals surface area contributed by atoms with Crippen LogP contribution in [0.15, 0.2) is 10.2 Å². The normalized spacial score (nSPS) is 13.3. The molecule has 27 heavy (non-hydrogen) atoms. The molecule has 1 heterocycles. The summed E-state index contributed by atoms with van der Waals surface area (Å²) < 4.78 is 5.10. The maximum atomic E-state index is 11.9. The molecule has 3 amide bonds. The summed E-state index contributed by atoms with van der Waals surface area (Å²) in [6.45, 7) is 8.58. The van der Waals surface area contributed by atoms with E-state index < -0.39 is 23.5 Å². The van der Waals surface area contributed by atoms with Gasteiger partial charge in [0.1, 0.15) is 5.60 Å². The summed E-state index contributed by atoms with van der Waals surface area (Å²) >= 11 is 0. The number of nitrogens with zero attached hydrogens (tertiary/aromatic N) is 2. The van der Waals surface area contributed by atoms with Crippen molar-refractivity contribution < 1.29 is 19.1 Å². The summed E-state index contributed by atoms with van der Waals surface area (Å²) in [6.07, 6.45) is 1.84. The smallest absolute Gasteiger partial charge is 0.407 e. The second-order valence-corrected chi connectivity index (χ2v) is 6.79. The number of nitrogens with one attached hydrogen (secondary N) is 5. The second kappa shape index (κ2) is 11.0. The van der Waals surface area contributed by atoms with E-state index in [4.69, 9.17) is 4.74 Å². The van der Waals surface area contributed by atoms with E-state index in [1.165, 1.54) is 0 Å². The maximum absolute atomic E-state index is 11.9. The van der Waals surface area contributed by atoms with Crippen molar-refractivity contribution in [1.29, 1.82) is 0 Å². The van der Waals surface area contributed by atoms with Crippen molar-refractivity contribution in [1.82, 2.24) is 26.8 Å². The van der Waals surface area contributed by atoms with Gasteiger partial charge in [-0.15, -0.1) is 10.2 Å². The number of carbonyl (C=O) groups is 3. The predicted octanol–water partition coefficient (Wildman–Crippen LogP) is -0.246. The molecule has 0 radical (unpaired) electrons. The summed E-state index contributed by atoms with van der Waals surface area (Å²) in [5.41, 5.74) is 4.33. The van der Waals surface area contributed by atoms with E-state index in [0.29, 0.717) is 26.1 Å². The number of hydrazone groups is 2. The third-order valence-corrected chi connectivity index (χ3v) is 3.10. The molecule has 0 saturated carbocycles. The van der Waals surface area contributed by atoms with E-state index in [0.717, 1.165) is 12.8 Å². The van der Waals surface area contributed by atoms with Crippen LogP contribution in [0, 0.1) is 0 Å². The molecule has 0 fully saturated rings. The van der Waals surface area contributed by atoms with E-state index in [1.54, 1.807) is 20.8 Å². The standard InChI is InChI=1S/C16H29N7O4/c1-5-6-8-17-13(24)11-20-22-12(23-21-11)14(25)18-9-7-10-19-15(26)27-16(2,3)4/h5-10H2,1-4H3,(H,17,24)(H,18,25)(H,19,26)(H,20,21)(H,22,23). The van der Waals surface area contributed by atoms with Gasteiger partial charge in [0.2, 0.25) is 11.7 Å². The van der Waals surface area contributed by atoms with Crippen molar-refractivity contribution in [2.75, 3.05) is 19.6 Å². The van der Waals surface area contributed by atoms with Crippen molar-refractivity contribution in [3.63, 3.8) is 0 Å². The van der Waals surface area contributed by atoms with Crippen molar-refractivity contribution >= 4 is 29.6 Å². The van der Waals surface area contributed by atoms with E-state index in [2.05, 4.69) is 37.0 Å². The van der Waals surface area contributed by atoms with E-state index >= 15 is 0 Å². The lowest BCUT2D eigenvalue weighted by Crippen LogP contribution is -2.48. The molecule has 0 atom stereocenters. The fraction of sp³-hybridized carbons (Fsp3) is 0.688. The minimum absolute atomic E-state index is 0.00999. The van der Waals surface area contributed by atoms with E-state index in [1.807, 2.05) is 6.92 Å². The first-order valence-electron chi connectivity index (χ1n) is 8.93. The van der Waals surface area contributed by atoms with Gasteiger partial charge in [0.15, 0.2) is 0 Å². The largest absolute Gasteiger partial charge is 0.444 e. The van der Waals surface area contributed by atoms with Crippen LogP contribution in [0.3, 0.4) is 0 Å². The zero-order valence-corrected chi connectivity index (χ0v) is 16.3. The Morgan fingerprint density at radius 3 is 1.81 bits per heavy atom. The number of amides is 3. The van der Waals surface area contributed by atoms with Crippen molar-refractivity contribution in [2.24, 2.45) is 10.2 Å². The van der Waals surface area contributed by atoms with Gasteiger partial charge in [-0.1, -0.05) is 13.3 Å². The predicted molar refractivity (Wildman–Crippen MR) is 101 cm³/mol. The molecule has 1 aliphatic rings. The molecular weight excluding hydrogens is 354 g/mol. The molecule has 0 aromatic heterocycles. The minimum atomic E-state index is -0.553. The van der Waals surface area contributed by atoms with Crippen LogP contribution in [-0.4, -0.2) is 54.8 Å². The molecule has 152 valence electrons. The van der Waals surface area contributed by atoms with Gasteiger partial charge in [0.05, 0.1) is 0 Å². The minimum Gasteiger partial charge on any atom is -0.444 e. The molecular formula is C16H29N7O4. The molecule has 11 nitrogen and oxygen atoms in total. The van der Waals surface area contributed by atoms with Crippen LogP contribution in [0.25, 0.3) is 0 Å². The summed E-state index contributed by atoms with van der Waals surface area (Å²) in [6, 6.07) is 0. The second-order valence-electron chi connectivity index (χ2n) is 6.79. The van der Waals surface area contributed by atoms with Crippen LogP contribution < -0.4 is 26.8 Å². The summed E-state index contributed by atoms with van der Waals surface area (Å²) in [7, 11) is 0. The Bertz CT molecular complexity index is 596. The third-order valence-electron chi connectivity index (χ3n) is 3.10. The van der Waals surface area contributed by atoms with Crippen LogP contribution in [0.1, 0.15) is 47.0 Å². The highest BCUT2D eigenvalue weighted by molar-refractivity contribution is 6.42. The number of hydrogen-bond donors (Lipinski definition) is 5. The molecule has 0 aromatic rings. The highest BCUT2D eigenvalue weighted by Crippen LogP contribution is 2.06. The SMILES string of the molecule is CCCCNC(=O)C1=NNC(C(=O)NCCCNC(=O)OC(C)(C)C)=NN1. The molecule has 0 spiro atoms. The summed E-state index contributed by atoms with van der Waals surface area (Å²) in [4.78, 5) is 35.2. The monoisotopic (exact) mass is 383 g/mol. The van der Waals surface area contributed by atoms with Gasteiger partial charge in [0, 0.05) is 19.6 Å². The molecule has 0 aliphatic carbocycles. The number of rotatable bonds is 9. The zero-order valence-electron chi connectivity index (χ0n) is 16.3. The third kappa shape index (κ3) is 9.42. The van der Waals surface area contributed by atoms with Crippen LogP contribution in [0.5, 0.6) is 0 Å². The Balaban J connectivity index is 2.21. The number of hydrogen-bond acceptors (Lipinski definition) is 8. The number of unbranched alkanes of at least 4 members (excludes halogenated alkanes) is 1. The molecule has 1 aliphatic heterocycles. The van der Waals surface area contributed by atoms with Gasteiger partial charge in [-0.3, -0.25) is 20.4 Å². The first-order chi connectivity index (χ1) is 12.7. The molecule has 5 N–H and O–H groups in total. The van der Waals surface area contributed by atoms with Gasteiger partial charge >= 0.3 is 6.09 Å². The first kappa shape index (κ1) is 22.2. The molecule has 0 aromatic carbocycles. The Hall–Kier alpha value is -2.85. The fourth-order valence-corrected chi connectivity index (χ4v) is 1.81. The van der Waals surface area contributed by atoms with Crippen LogP contribution in [0.4, 0.5) is 4.79 Å². The van der Waals surface area contributed by atoms with E-state index in [9.17, 15) is 14.4 Å². The Morgan fingerprint density at radius 2 is 1.37 bits per heavy atom. The van der Waals surface area contributed by atoms with Crippen LogP contribution in [-0.2, 0) is 14.3 Å². The zero-order chi connectivity index (χ0) is 20.3. The number of amidine groups is 2. The lowest BCUT2D eigenvalue weighted by Gasteiger charge is -2.19. The Kier molecular flexibility index (Phi) is 9.03. The molecule has 0 saturated heterocycles. The Labute approximate surface area is 158 Å². The number of alkyl carbamates (subject to hydrolysis) is 1. The van der Waals surface area contributed by atoms with Gasteiger partial charge in [-0.05, 0) is 33.6 Å². The van der Waals surface area contributed by atoms with Crippen LogP contribution >= 0.6 is 0 Å². The summed E-state index contributed by atoms with van der Waals surface area (Å²) in [5, 5.41) is 15.5. The fourth-order valence-electron chi connectivity index (χ4n) is 1.81. The highest BCUT2D eigenvalue weighted by Gasteiger charge is 2.19. The average Bonchev–Trinajstić information content (AvgIpc) is 2.60. The maximum Gasteiger partial charge on any atom is 0.407 e. The lowest BCUT2D eigenvalue weighted by atomic mass is 10.2. The molecule has 11 heteroatoms. The number of ether oxygens (including phenoxy) is 1. The van der Waals surface area contributed by atoms with E-state index in [-0.39, 0.29) is 11.7 Å². The quantitative estimate of drug-likeness (QED) is 0.347. The molecule has 0 unspecified atom stereocenters. The van der Waals surface area contributed by atoms with Gasteiger partial charge in [0.25, 0.3) is 11.8 Å². The highest BCUT2D eigenvalue weighted by atomic mass is 16.6. The van der Waals surface area contributed by atoms with Crippen molar-refractivity contribution in [3.8, 4) is 0 Å². The molecule has 0 bridgehead atoms. The van der Waals surface area contributed by atoms with Crippen molar-refractivity contribution in [2.45, 2.75) is 52.6 Å². The molecule has 1 rings (SSSR count). The van der Waals surface area contributed by atoms with Gasteiger partial charge in [-0.25, -0.2) is 4.79 Å². The lowest BCUT2D eigenvalue weighted by molar-refractivity contribution is -0.116. The first-order valence-corrected chi connectivity index (χ1v) is 8.93. The van der Waals surface area contributed by atoms with Crippen LogP contribution in [0.2, 0.25) is 0 Å².